The molecular formula is C16H32N2S. The molecule has 1 saturated heterocycles. The van der Waals surface area contributed by atoms with Crippen LogP contribution in [0.15, 0.2) is 0 Å². The van der Waals surface area contributed by atoms with Crippen LogP contribution < -0.4 is 5.73 Å². The number of nitrogens with zero attached hydrogens (tertiary/aromatic N) is 1. The highest BCUT2D eigenvalue weighted by Gasteiger charge is 2.47. The SMILES string of the molecule is CC1CC(C)(C)CC(CN)(N2CCSC(C)(C)C2)C1. The van der Waals surface area contributed by atoms with E-state index >= 15 is 0 Å². The van der Waals surface area contributed by atoms with Crippen LogP contribution in [0.25, 0.3) is 0 Å². The zero-order valence-corrected chi connectivity index (χ0v) is 14.3. The van der Waals surface area contributed by atoms with Gasteiger partial charge in [-0.3, -0.25) is 4.90 Å². The van der Waals surface area contributed by atoms with Crippen molar-refractivity contribution in [2.45, 2.75) is 64.2 Å². The van der Waals surface area contributed by atoms with Gasteiger partial charge in [0.15, 0.2) is 0 Å². The summed E-state index contributed by atoms with van der Waals surface area (Å²) in [6, 6.07) is 0. The smallest absolute Gasteiger partial charge is 0.0340 e. The molecule has 2 unspecified atom stereocenters. The van der Waals surface area contributed by atoms with Crippen molar-refractivity contribution >= 4 is 11.8 Å². The second-order valence-corrected chi connectivity index (χ2v) is 10.1. The first-order chi connectivity index (χ1) is 8.68. The molecule has 0 spiro atoms. The van der Waals surface area contributed by atoms with Crippen molar-refractivity contribution in [3.63, 3.8) is 0 Å². The largest absolute Gasteiger partial charge is 0.329 e. The van der Waals surface area contributed by atoms with Crippen LogP contribution in [0.4, 0.5) is 0 Å². The van der Waals surface area contributed by atoms with Crippen LogP contribution in [-0.4, -0.2) is 40.6 Å². The summed E-state index contributed by atoms with van der Waals surface area (Å²) in [5, 5.41) is 0. The topological polar surface area (TPSA) is 29.3 Å². The molecular weight excluding hydrogens is 252 g/mol. The van der Waals surface area contributed by atoms with E-state index < -0.39 is 0 Å². The predicted octanol–water partition coefficient (Wildman–Crippen LogP) is 3.36. The fourth-order valence-electron chi connectivity index (χ4n) is 4.65. The van der Waals surface area contributed by atoms with Gasteiger partial charge in [-0.1, -0.05) is 20.8 Å². The third-order valence-corrected chi connectivity index (χ3v) is 6.21. The predicted molar refractivity (Wildman–Crippen MR) is 86.7 cm³/mol. The molecule has 1 heterocycles. The lowest BCUT2D eigenvalue weighted by atomic mass is 9.63. The van der Waals surface area contributed by atoms with Gasteiger partial charge < -0.3 is 5.73 Å². The average Bonchev–Trinajstić information content (AvgIpc) is 2.24. The Morgan fingerprint density at radius 1 is 1.21 bits per heavy atom. The average molecular weight is 285 g/mol. The van der Waals surface area contributed by atoms with Crippen LogP contribution >= 0.6 is 11.8 Å². The van der Waals surface area contributed by atoms with Crippen molar-refractivity contribution < 1.29 is 0 Å². The third kappa shape index (κ3) is 3.48. The minimum atomic E-state index is 0.249. The van der Waals surface area contributed by atoms with Gasteiger partial charge in [-0.2, -0.15) is 11.8 Å². The number of hydrogen-bond acceptors (Lipinski definition) is 3. The summed E-state index contributed by atoms with van der Waals surface area (Å²) in [6.07, 6.45) is 3.90. The maximum Gasteiger partial charge on any atom is 0.0340 e. The Hall–Kier alpha value is 0.270. The monoisotopic (exact) mass is 284 g/mol. The minimum absolute atomic E-state index is 0.249. The molecule has 0 amide bonds. The van der Waals surface area contributed by atoms with Gasteiger partial charge in [0.2, 0.25) is 0 Å². The van der Waals surface area contributed by atoms with Crippen molar-refractivity contribution in [1.82, 2.24) is 4.90 Å². The van der Waals surface area contributed by atoms with Crippen LogP contribution in [0.1, 0.15) is 53.9 Å². The van der Waals surface area contributed by atoms with E-state index in [-0.39, 0.29) is 5.54 Å². The molecule has 2 atom stereocenters. The molecule has 2 rings (SSSR count). The van der Waals surface area contributed by atoms with Gasteiger partial charge in [-0.05, 0) is 44.4 Å². The van der Waals surface area contributed by atoms with Crippen molar-refractivity contribution in [3.8, 4) is 0 Å². The molecule has 0 aromatic rings. The summed E-state index contributed by atoms with van der Waals surface area (Å²) in [5.41, 5.74) is 6.98. The van der Waals surface area contributed by atoms with Crippen LogP contribution in [0.2, 0.25) is 0 Å². The van der Waals surface area contributed by atoms with E-state index in [0.29, 0.717) is 10.2 Å². The van der Waals surface area contributed by atoms with Gasteiger partial charge in [0, 0.05) is 35.7 Å². The minimum Gasteiger partial charge on any atom is -0.329 e. The molecule has 0 aromatic carbocycles. The first-order valence-electron chi connectivity index (χ1n) is 7.77. The molecule has 19 heavy (non-hydrogen) atoms. The van der Waals surface area contributed by atoms with Gasteiger partial charge in [0.05, 0.1) is 0 Å². The Morgan fingerprint density at radius 3 is 2.42 bits per heavy atom. The molecule has 1 aliphatic heterocycles. The van der Waals surface area contributed by atoms with Gasteiger partial charge >= 0.3 is 0 Å². The summed E-state index contributed by atoms with van der Waals surface area (Å²) in [4.78, 5) is 2.74. The Balaban J connectivity index is 2.21. The van der Waals surface area contributed by atoms with Crippen molar-refractivity contribution in [3.05, 3.63) is 0 Å². The van der Waals surface area contributed by atoms with Gasteiger partial charge in [-0.25, -0.2) is 0 Å². The summed E-state index contributed by atoms with van der Waals surface area (Å²) in [7, 11) is 0. The normalized spacial score (nSPS) is 39.2. The van der Waals surface area contributed by atoms with E-state index in [0.717, 1.165) is 12.5 Å². The standard InChI is InChI=1S/C16H32N2S/c1-13-8-14(2,3)10-16(9-13,11-17)18-6-7-19-15(4,5)12-18/h13H,6-12,17H2,1-5H3. The lowest BCUT2D eigenvalue weighted by Gasteiger charge is -2.56. The van der Waals surface area contributed by atoms with E-state index in [1.165, 1.54) is 38.1 Å². The molecule has 112 valence electrons. The Labute approximate surface area is 123 Å². The van der Waals surface area contributed by atoms with E-state index in [4.69, 9.17) is 5.73 Å². The Bertz CT molecular complexity index is 327. The van der Waals surface area contributed by atoms with E-state index in [2.05, 4.69) is 51.3 Å². The van der Waals surface area contributed by atoms with Gasteiger partial charge in [-0.15, -0.1) is 0 Å². The number of thioether (sulfide) groups is 1. The molecule has 2 N–H and O–H groups in total. The fourth-order valence-corrected chi connectivity index (χ4v) is 5.76. The Morgan fingerprint density at radius 2 is 1.89 bits per heavy atom. The molecule has 0 bridgehead atoms. The second-order valence-electron chi connectivity index (χ2n) is 8.31. The lowest BCUT2D eigenvalue weighted by molar-refractivity contribution is -0.0139. The first kappa shape index (κ1) is 15.7. The van der Waals surface area contributed by atoms with Crippen LogP contribution in [-0.2, 0) is 0 Å². The highest BCUT2D eigenvalue weighted by molar-refractivity contribution is 8.00. The maximum atomic E-state index is 6.29. The van der Waals surface area contributed by atoms with Crippen molar-refractivity contribution in [1.29, 1.82) is 0 Å². The molecule has 2 nitrogen and oxygen atoms in total. The fraction of sp³-hybridized carbons (Fsp3) is 1.00. The lowest BCUT2D eigenvalue weighted by Crippen LogP contribution is -2.63. The van der Waals surface area contributed by atoms with Crippen LogP contribution in [0.5, 0.6) is 0 Å². The van der Waals surface area contributed by atoms with E-state index in [9.17, 15) is 0 Å². The molecule has 2 fully saturated rings. The summed E-state index contributed by atoms with van der Waals surface area (Å²) in [5.74, 6) is 2.05. The maximum absolute atomic E-state index is 6.29. The summed E-state index contributed by atoms with van der Waals surface area (Å²) in [6.45, 7) is 15.3. The summed E-state index contributed by atoms with van der Waals surface area (Å²) >= 11 is 2.12. The van der Waals surface area contributed by atoms with Gasteiger partial charge in [0.1, 0.15) is 0 Å². The molecule has 1 aliphatic carbocycles. The highest BCUT2D eigenvalue weighted by Crippen LogP contribution is 2.47. The van der Waals surface area contributed by atoms with Crippen molar-refractivity contribution in [2.24, 2.45) is 17.1 Å². The quantitative estimate of drug-likeness (QED) is 0.843. The first-order valence-corrected chi connectivity index (χ1v) is 8.76. The van der Waals surface area contributed by atoms with Crippen LogP contribution in [0, 0.1) is 11.3 Å². The zero-order valence-electron chi connectivity index (χ0n) is 13.5. The molecule has 3 heteroatoms. The van der Waals surface area contributed by atoms with E-state index in [1.54, 1.807) is 0 Å². The Kier molecular flexibility index (Phi) is 4.31. The molecule has 0 aromatic heterocycles. The molecule has 0 radical (unpaired) electrons. The third-order valence-electron chi connectivity index (χ3n) is 4.91. The highest BCUT2D eigenvalue weighted by atomic mass is 32.2. The number of hydrogen-bond donors (Lipinski definition) is 1. The number of nitrogens with two attached hydrogens (primary N) is 1. The van der Waals surface area contributed by atoms with E-state index in [1.807, 2.05) is 0 Å². The zero-order chi connectivity index (χ0) is 14.3. The number of rotatable bonds is 2. The molecule has 2 aliphatic rings. The van der Waals surface area contributed by atoms with Crippen molar-refractivity contribution in [2.75, 3.05) is 25.4 Å². The van der Waals surface area contributed by atoms with Crippen LogP contribution in [0.3, 0.4) is 0 Å². The molecule has 1 saturated carbocycles. The second kappa shape index (κ2) is 5.23. The van der Waals surface area contributed by atoms with Gasteiger partial charge in [0.25, 0.3) is 0 Å². The summed E-state index contributed by atoms with van der Waals surface area (Å²) < 4.78 is 0.380.